The largest absolute Gasteiger partial charge is 0.511 e. The molecule has 1 aliphatic heterocycles. The van der Waals surface area contributed by atoms with Crippen molar-refractivity contribution in [3.05, 3.63) is 64.3 Å². The second-order valence-corrected chi connectivity index (χ2v) is 12.0. The Morgan fingerprint density at radius 1 is 0.971 bits per heavy atom. The molecule has 5 nitrogen and oxygen atoms in total. The predicted molar refractivity (Wildman–Crippen MR) is 130 cm³/mol. The second kappa shape index (κ2) is 9.41. The van der Waals surface area contributed by atoms with Crippen LogP contribution in [0.3, 0.4) is 0 Å². The molecule has 1 atom stereocenters. The van der Waals surface area contributed by atoms with Crippen molar-refractivity contribution < 1.29 is 21.6 Å². The molecule has 35 heavy (non-hydrogen) atoms. The van der Waals surface area contributed by atoms with Gasteiger partial charge in [0.1, 0.15) is 0 Å². The molecular formula is C25H27ClF3N3O2S. The summed E-state index contributed by atoms with van der Waals surface area (Å²) in [4.78, 5) is 0. The molecule has 1 unspecified atom stereocenters. The first-order valence-electron chi connectivity index (χ1n) is 11.9. The number of alkyl halides is 3. The van der Waals surface area contributed by atoms with Crippen LogP contribution in [0.15, 0.2) is 42.5 Å². The molecule has 1 saturated heterocycles. The summed E-state index contributed by atoms with van der Waals surface area (Å²) in [6.45, 7) is -0.329. The number of piperidine rings is 1. The van der Waals surface area contributed by atoms with Crippen LogP contribution in [0.2, 0.25) is 5.02 Å². The Morgan fingerprint density at radius 3 is 2.23 bits per heavy atom. The van der Waals surface area contributed by atoms with Gasteiger partial charge < -0.3 is 0 Å². The van der Waals surface area contributed by atoms with Crippen molar-refractivity contribution in [1.29, 1.82) is 0 Å². The van der Waals surface area contributed by atoms with Gasteiger partial charge in [0.05, 0.1) is 5.52 Å². The topological polar surface area (TPSA) is 66.1 Å². The lowest BCUT2D eigenvalue weighted by Gasteiger charge is -2.31. The molecule has 1 N–H and O–H groups in total. The minimum absolute atomic E-state index is 0.0876. The average Bonchev–Trinajstić information content (AvgIpc) is 3.50. The molecule has 2 heterocycles. The van der Waals surface area contributed by atoms with Gasteiger partial charge in [-0.2, -0.15) is 22.6 Å². The zero-order chi connectivity index (χ0) is 24.8. The van der Waals surface area contributed by atoms with Gasteiger partial charge in [0.2, 0.25) is 0 Å². The van der Waals surface area contributed by atoms with Crippen LogP contribution in [0, 0.1) is 5.92 Å². The number of hydrogen-bond acceptors (Lipinski definition) is 3. The fraction of sp³-hybridized carbons (Fsp3) is 0.480. The third-order valence-electron chi connectivity index (χ3n) is 7.56. The van der Waals surface area contributed by atoms with Crippen LogP contribution >= 0.6 is 11.6 Å². The minimum atomic E-state index is -5.30. The molecule has 2 aromatic carbocycles. The minimum Gasteiger partial charge on any atom is -0.281 e. The van der Waals surface area contributed by atoms with Crippen LogP contribution in [-0.2, 0) is 10.0 Å². The van der Waals surface area contributed by atoms with Crippen molar-refractivity contribution in [2.24, 2.45) is 5.92 Å². The van der Waals surface area contributed by atoms with Gasteiger partial charge in [0, 0.05) is 41.0 Å². The van der Waals surface area contributed by atoms with Crippen LogP contribution in [0.4, 0.5) is 13.2 Å². The molecule has 2 fully saturated rings. The van der Waals surface area contributed by atoms with E-state index in [1.54, 1.807) is 0 Å². The van der Waals surface area contributed by atoms with Crippen molar-refractivity contribution in [3.8, 4) is 0 Å². The highest BCUT2D eigenvalue weighted by Gasteiger charge is 2.50. The van der Waals surface area contributed by atoms with E-state index in [2.05, 4.69) is 34.5 Å². The number of H-pyrrole nitrogens is 1. The number of hydrogen-bond donors (Lipinski definition) is 1. The summed E-state index contributed by atoms with van der Waals surface area (Å²) in [5, 5.41) is 9.18. The lowest BCUT2D eigenvalue weighted by atomic mass is 9.79. The molecule has 0 bridgehead atoms. The van der Waals surface area contributed by atoms with E-state index in [1.165, 1.54) is 24.0 Å². The Kier molecular flexibility index (Phi) is 6.61. The van der Waals surface area contributed by atoms with Crippen molar-refractivity contribution in [1.82, 2.24) is 14.5 Å². The highest BCUT2D eigenvalue weighted by molar-refractivity contribution is 7.90. The highest BCUT2D eigenvalue weighted by atomic mass is 35.5. The Bertz CT molecular complexity index is 1290. The van der Waals surface area contributed by atoms with Gasteiger partial charge >= 0.3 is 15.5 Å². The zero-order valence-electron chi connectivity index (χ0n) is 19.1. The summed E-state index contributed by atoms with van der Waals surface area (Å²) >= 11 is 6.14. The molecule has 1 aliphatic carbocycles. The third-order valence-corrected chi connectivity index (χ3v) is 9.44. The van der Waals surface area contributed by atoms with E-state index >= 15 is 0 Å². The molecule has 0 radical (unpaired) electrons. The van der Waals surface area contributed by atoms with Gasteiger partial charge in [0.25, 0.3) is 0 Å². The fourth-order valence-corrected chi connectivity index (χ4v) is 6.89. The van der Waals surface area contributed by atoms with E-state index in [-0.39, 0.29) is 24.9 Å². The van der Waals surface area contributed by atoms with E-state index in [1.807, 2.05) is 18.2 Å². The Balaban J connectivity index is 1.44. The summed E-state index contributed by atoms with van der Waals surface area (Å²) in [6.07, 6.45) is 5.37. The van der Waals surface area contributed by atoms with E-state index in [4.69, 9.17) is 11.6 Å². The van der Waals surface area contributed by atoms with Crippen LogP contribution < -0.4 is 0 Å². The van der Waals surface area contributed by atoms with Crippen LogP contribution in [0.25, 0.3) is 10.9 Å². The van der Waals surface area contributed by atoms with E-state index in [0.717, 1.165) is 29.4 Å². The molecule has 1 saturated carbocycles. The lowest BCUT2D eigenvalue weighted by molar-refractivity contribution is -0.0494. The molecule has 0 amide bonds. The summed E-state index contributed by atoms with van der Waals surface area (Å²) in [5.74, 6) is 0.663. The highest BCUT2D eigenvalue weighted by Crippen LogP contribution is 2.43. The normalized spacial score (nSPS) is 20.0. The SMILES string of the molecule is O=S(=O)(N1CCC(c2[nH]nc3ccc(C(c4ccc(Cl)cc4)C4CCCC4)cc23)CC1)C(F)(F)F. The summed E-state index contributed by atoms with van der Waals surface area (Å²) in [7, 11) is -5.30. The van der Waals surface area contributed by atoms with E-state index in [0.29, 0.717) is 28.1 Å². The summed E-state index contributed by atoms with van der Waals surface area (Å²) < 4.78 is 63.0. The molecule has 3 aromatic rings. The fourth-order valence-electron chi connectivity index (χ4n) is 5.78. The number of benzene rings is 2. The number of nitrogens with zero attached hydrogens (tertiary/aromatic N) is 2. The van der Waals surface area contributed by atoms with Gasteiger partial charge in [-0.3, -0.25) is 5.10 Å². The molecular weight excluding hydrogens is 499 g/mol. The maximum Gasteiger partial charge on any atom is 0.511 e. The van der Waals surface area contributed by atoms with E-state index < -0.39 is 15.5 Å². The number of fused-ring (bicyclic) bond motifs is 1. The smallest absolute Gasteiger partial charge is 0.281 e. The first kappa shape index (κ1) is 24.6. The summed E-state index contributed by atoms with van der Waals surface area (Å²) in [5.41, 5.74) is -1.20. The van der Waals surface area contributed by atoms with Gasteiger partial charge in [-0.25, -0.2) is 8.42 Å². The average molecular weight is 526 g/mol. The van der Waals surface area contributed by atoms with Crippen LogP contribution in [0.5, 0.6) is 0 Å². The first-order chi connectivity index (χ1) is 16.6. The van der Waals surface area contributed by atoms with Crippen molar-refractivity contribution >= 4 is 32.5 Å². The Morgan fingerprint density at radius 2 is 1.60 bits per heavy atom. The quantitative estimate of drug-likeness (QED) is 0.410. The van der Waals surface area contributed by atoms with Gasteiger partial charge in [-0.1, -0.05) is 42.6 Å². The van der Waals surface area contributed by atoms with Crippen LogP contribution in [-0.4, -0.2) is 41.5 Å². The standard InChI is InChI=1S/C25H27ClF3N3O2S/c26-20-8-5-17(6-9-20)23(16-3-1-2-4-16)19-7-10-22-21(15-19)24(31-30-22)18-11-13-32(14-12-18)35(33,34)25(27,28)29/h5-10,15-16,18,23H,1-4,11-14H2,(H,30,31). The number of halogens is 4. The molecule has 10 heteroatoms. The number of aromatic amines is 1. The summed E-state index contributed by atoms with van der Waals surface area (Å²) in [6, 6.07) is 14.3. The monoisotopic (exact) mass is 525 g/mol. The predicted octanol–water partition coefficient (Wildman–Crippen LogP) is 6.57. The third kappa shape index (κ3) is 4.70. The molecule has 0 spiro atoms. The lowest BCUT2D eigenvalue weighted by Crippen LogP contribution is -2.44. The van der Waals surface area contributed by atoms with Crippen LogP contribution in [0.1, 0.15) is 67.2 Å². The maximum atomic E-state index is 13.0. The zero-order valence-corrected chi connectivity index (χ0v) is 20.6. The second-order valence-electron chi connectivity index (χ2n) is 9.61. The van der Waals surface area contributed by atoms with Crippen molar-refractivity contribution in [2.45, 2.75) is 55.9 Å². The van der Waals surface area contributed by atoms with Crippen molar-refractivity contribution in [2.75, 3.05) is 13.1 Å². The number of nitrogens with one attached hydrogen (secondary N) is 1. The molecule has 2 aliphatic rings. The maximum absolute atomic E-state index is 13.0. The molecule has 1 aromatic heterocycles. The Hall–Kier alpha value is -2.10. The number of aromatic nitrogens is 2. The van der Waals surface area contributed by atoms with E-state index in [9.17, 15) is 21.6 Å². The van der Waals surface area contributed by atoms with Gasteiger partial charge in [-0.15, -0.1) is 0 Å². The van der Waals surface area contributed by atoms with Gasteiger partial charge in [0.15, 0.2) is 0 Å². The number of rotatable bonds is 5. The number of sulfonamides is 1. The molecule has 5 rings (SSSR count). The van der Waals surface area contributed by atoms with Gasteiger partial charge in [-0.05, 0) is 67.0 Å². The van der Waals surface area contributed by atoms with Crippen molar-refractivity contribution in [3.63, 3.8) is 0 Å². The Labute approximate surface area is 207 Å². The first-order valence-corrected chi connectivity index (χ1v) is 13.8. The molecule has 188 valence electrons.